The van der Waals surface area contributed by atoms with Crippen LogP contribution in [0.2, 0.25) is 0 Å². The molecule has 0 aromatic carbocycles. The van der Waals surface area contributed by atoms with Crippen LogP contribution in [0.15, 0.2) is 0 Å². The topological polar surface area (TPSA) is 52.6 Å². The fraction of sp³-hybridized carbons (Fsp3) is 0.900. The molecule has 0 spiro atoms. The Labute approximate surface area is 205 Å². The van der Waals surface area contributed by atoms with Crippen molar-refractivity contribution in [2.24, 2.45) is 11.8 Å². The molecule has 0 bridgehead atoms. The van der Waals surface area contributed by atoms with Gasteiger partial charge in [-0.3, -0.25) is 9.59 Å². The van der Waals surface area contributed by atoms with Crippen molar-refractivity contribution in [2.45, 2.75) is 91.9 Å². The quantitative estimate of drug-likeness (QED) is 0.313. The van der Waals surface area contributed by atoms with Crippen molar-refractivity contribution >= 4 is 71.1 Å². The van der Waals surface area contributed by atoms with Crippen molar-refractivity contribution in [1.29, 1.82) is 0 Å². The molecule has 0 amide bonds. The van der Waals surface area contributed by atoms with Gasteiger partial charge in [0.15, 0.2) is 0 Å². The van der Waals surface area contributed by atoms with Crippen LogP contribution in [-0.4, -0.2) is 84.3 Å². The molecule has 0 heterocycles. The van der Waals surface area contributed by atoms with E-state index in [-0.39, 0.29) is 83.9 Å². The van der Waals surface area contributed by atoms with Crippen LogP contribution in [0.1, 0.15) is 91.9 Å². The Morgan fingerprint density at radius 3 is 1.31 bits per heavy atom. The van der Waals surface area contributed by atoms with Crippen molar-refractivity contribution < 1.29 is 19.1 Å². The first-order valence-electron chi connectivity index (χ1n) is 9.88. The number of ether oxygens (including phenoxy) is 2. The second-order valence-electron chi connectivity index (χ2n) is 6.70. The van der Waals surface area contributed by atoms with Crippen LogP contribution >= 0.6 is 0 Å². The van der Waals surface area contributed by atoms with Gasteiger partial charge in [0.1, 0.15) is 0 Å². The second-order valence-corrected chi connectivity index (χ2v) is 6.70. The summed E-state index contributed by atoms with van der Waals surface area (Å²) in [5.74, 6) is 0.286. The first-order chi connectivity index (χ1) is 11.6. The zero-order chi connectivity index (χ0) is 18.2. The van der Waals surface area contributed by atoms with Gasteiger partial charge in [-0.05, 0) is 24.7 Å². The molecule has 0 aliphatic heterocycles. The van der Waals surface area contributed by atoms with Gasteiger partial charge >= 0.3 is 71.1 Å². The Hall–Kier alpha value is 0.940. The van der Waals surface area contributed by atoms with Gasteiger partial charge in [-0.2, -0.15) is 0 Å². The number of hydrogen-bond acceptors (Lipinski definition) is 4. The van der Waals surface area contributed by atoms with E-state index >= 15 is 0 Å². The normalized spacial score (nSPS) is 12.3. The van der Waals surface area contributed by atoms with E-state index in [4.69, 9.17) is 9.47 Å². The van der Waals surface area contributed by atoms with Crippen LogP contribution in [0.25, 0.3) is 0 Å². The monoisotopic (exact) mass is 390 g/mol. The van der Waals surface area contributed by atoms with Crippen LogP contribution in [-0.2, 0) is 19.1 Å². The number of esters is 2. The van der Waals surface area contributed by atoms with Gasteiger partial charge < -0.3 is 9.47 Å². The third-order valence-electron chi connectivity index (χ3n) is 4.58. The summed E-state index contributed by atoms with van der Waals surface area (Å²) >= 11 is 0. The standard InChI is InChI=1S/C20H38O4.2Na.2H/c1-5-9-11-17(7-3)15-23-19(21)13-14-20(22)24-16-18(8-4)12-10-6-2;;;;/h17-18H,5-16H2,1-4H3;;;;. The summed E-state index contributed by atoms with van der Waals surface area (Å²) in [5.41, 5.74) is 0. The molecule has 146 valence electrons. The Morgan fingerprint density at radius 1 is 0.692 bits per heavy atom. The SMILES string of the molecule is CCCCC(CC)COC(=O)CCC(=O)OCC(CC)CCCC.[NaH].[NaH]. The maximum absolute atomic E-state index is 11.7. The number of hydrogen-bond donors (Lipinski definition) is 0. The minimum absolute atomic E-state index is 0. The summed E-state index contributed by atoms with van der Waals surface area (Å²) < 4.78 is 10.6. The molecule has 0 saturated carbocycles. The van der Waals surface area contributed by atoms with E-state index in [1.54, 1.807) is 0 Å². The van der Waals surface area contributed by atoms with E-state index in [9.17, 15) is 9.59 Å². The van der Waals surface area contributed by atoms with Crippen LogP contribution < -0.4 is 0 Å². The van der Waals surface area contributed by atoms with Crippen molar-refractivity contribution in [2.75, 3.05) is 13.2 Å². The van der Waals surface area contributed by atoms with Gasteiger partial charge in [0, 0.05) is 0 Å². The van der Waals surface area contributed by atoms with Gasteiger partial charge in [0.25, 0.3) is 0 Å². The molecule has 2 unspecified atom stereocenters. The maximum atomic E-state index is 11.7. The van der Waals surface area contributed by atoms with E-state index in [0.29, 0.717) is 25.0 Å². The first kappa shape index (κ1) is 31.6. The van der Waals surface area contributed by atoms with Gasteiger partial charge in [-0.1, -0.05) is 66.2 Å². The number of rotatable bonds is 15. The average molecular weight is 391 g/mol. The molecule has 0 radical (unpaired) electrons. The summed E-state index contributed by atoms with van der Waals surface area (Å²) in [7, 11) is 0. The molecule has 26 heavy (non-hydrogen) atoms. The van der Waals surface area contributed by atoms with E-state index in [1.807, 2.05) is 0 Å². The Morgan fingerprint density at radius 2 is 1.04 bits per heavy atom. The van der Waals surface area contributed by atoms with Crippen molar-refractivity contribution in [1.82, 2.24) is 0 Å². The summed E-state index contributed by atoms with van der Waals surface area (Å²) in [6, 6.07) is 0. The van der Waals surface area contributed by atoms with Gasteiger partial charge in [0.2, 0.25) is 0 Å². The van der Waals surface area contributed by atoms with Gasteiger partial charge in [-0.25, -0.2) is 0 Å². The summed E-state index contributed by atoms with van der Waals surface area (Å²) in [4.78, 5) is 23.5. The molecule has 0 saturated heterocycles. The van der Waals surface area contributed by atoms with Crippen LogP contribution in [0, 0.1) is 11.8 Å². The Kier molecular flexibility index (Phi) is 27.0. The third kappa shape index (κ3) is 18.3. The van der Waals surface area contributed by atoms with Crippen LogP contribution in [0.3, 0.4) is 0 Å². The van der Waals surface area contributed by atoms with Gasteiger partial charge in [-0.15, -0.1) is 0 Å². The predicted molar refractivity (Wildman–Crippen MR) is 112 cm³/mol. The number of carbonyl (C=O) groups excluding carboxylic acids is 2. The second kappa shape index (κ2) is 22.2. The molecule has 0 fully saturated rings. The molecule has 0 rings (SSSR count). The van der Waals surface area contributed by atoms with Gasteiger partial charge in [0.05, 0.1) is 26.1 Å². The fourth-order valence-electron chi connectivity index (χ4n) is 2.57. The van der Waals surface area contributed by atoms with Crippen LogP contribution in [0.4, 0.5) is 0 Å². The zero-order valence-corrected chi connectivity index (χ0v) is 16.3. The van der Waals surface area contributed by atoms with E-state index in [2.05, 4.69) is 27.7 Å². The number of carbonyl (C=O) groups is 2. The first-order valence-corrected chi connectivity index (χ1v) is 9.88. The predicted octanol–water partition coefficient (Wildman–Crippen LogP) is 3.99. The average Bonchev–Trinajstić information content (AvgIpc) is 2.60. The molecule has 0 N–H and O–H groups in total. The van der Waals surface area contributed by atoms with E-state index < -0.39 is 0 Å². The fourth-order valence-corrected chi connectivity index (χ4v) is 2.57. The van der Waals surface area contributed by atoms with Crippen molar-refractivity contribution in [3.8, 4) is 0 Å². The molecule has 0 aliphatic rings. The van der Waals surface area contributed by atoms with E-state index in [1.165, 1.54) is 12.8 Å². The summed E-state index contributed by atoms with van der Waals surface area (Å²) in [6.45, 7) is 9.51. The molecule has 0 aromatic heterocycles. The van der Waals surface area contributed by atoms with Crippen LogP contribution in [0.5, 0.6) is 0 Å². The number of unbranched alkanes of at least 4 members (excludes halogenated alkanes) is 2. The Bertz CT molecular complexity index is 306. The molecule has 2 atom stereocenters. The molecule has 6 heteroatoms. The van der Waals surface area contributed by atoms with Crippen molar-refractivity contribution in [3.63, 3.8) is 0 Å². The molecule has 0 aliphatic carbocycles. The zero-order valence-electron chi connectivity index (χ0n) is 16.3. The molecular weight excluding hydrogens is 350 g/mol. The van der Waals surface area contributed by atoms with E-state index in [0.717, 1.165) is 38.5 Å². The summed E-state index contributed by atoms with van der Waals surface area (Å²) in [5, 5.41) is 0. The molecule has 0 aromatic rings. The van der Waals surface area contributed by atoms with Crippen molar-refractivity contribution in [3.05, 3.63) is 0 Å². The minimum atomic E-state index is -0.292. The molecular formula is C20H40Na2O4. The molecule has 4 nitrogen and oxygen atoms in total. The Balaban J connectivity index is -0.00000264. The third-order valence-corrected chi connectivity index (χ3v) is 4.58. The summed E-state index contributed by atoms with van der Waals surface area (Å²) in [6.07, 6.45) is 9.12.